The molecule has 1 amide bonds. The SMILES string of the molecule is CC1(C)C2CCC1(C)C(NC(=O)CSc1ccc(S(=O)(=O)N3CCCCCC3)cn1)C2. The van der Waals surface area contributed by atoms with E-state index in [-0.39, 0.29) is 27.7 Å². The lowest BCUT2D eigenvalue weighted by Crippen LogP contribution is -2.47. The summed E-state index contributed by atoms with van der Waals surface area (Å²) in [7, 11) is -3.49. The number of rotatable bonds is 6. The van der Waals surface area contributed by atoms with Crippen LogP contribution in [0, 0.1) is 16.7 Å². The van der Waals surface area contributed by atoms with E-state index in [4.69, 9.17) is 0 Å². The van der Waals surface area contributed by atoms with Crippen LogP contribution in [0.4, 0.5) is 0 Å². The second-order valence-corrected chi connectivity index (χ2v) is 13.1. The first-order valence-corrected chi connectivity index (χ1v) is 14.0. The van der Waals surface area contributed by atoms with E-state index in [9.17, 15) is 13.2 Å². The summed E-state index contributed by atoms with van der Waals surface area (Å²) in [5.74, 6) is 1.02. The number of amides is 1. The minimum Gasteiger partial charge on any atom is -0.352 e. The number of carbonyl (C=O) groups is 1. The molecule has 0 radical (unpaired) electrons. The van der Waals surface area contributed by atoms with Gasteiger partial charge in [-0.2, -0.15) is 4.31 Å². The highest BCUT2D eigenvalue weighted by Gasteiger charge is 2.61. The Morgan fingerprint density at radius 3 is 2.45 bits per heavy atom. The van der Waals surface area contributed by atoms with Crippen molar-refractivity contribution in [2.24, 2.45) is 16.7 Å². The van der Waals surface area contributed by atoms with Crippen LogP contribution in [-0.2, 0) is 14.8 Å². The van der Waals surface area contributed by atoms with Crippen LogP contribution in [-0.4, -0.2) is 48.5 Å². The molecule has 3 atom stereocenters. The van der Waals surface area contributed by atoms with Crippen molar-refractivity contribution in [1.82, 2.24) is 14.6 Å². The van der Waals surface area contributed by atoms with E-state index in [1.165, 1.54) is 30.8 Å². The van der Waals surface area contributed by atoms with E-state index in [2.05, 4.69) is 31.1 Å². The van der Waals surface area contributed by atoms with Crippen molar-refractivity contribution in [2.45, 2.75) is 81.7 Å². The largest absolute Gasteiger partial charge is 0.352 e. The minimum absolute atomic E-state index is 0.0302. The summed E-state index contributed by atoms with van der Waals surface area (Å²) in [6, 6.07) is 3.57. The van der Waals surface area contributed by atoms with Gasteiger partial charge >= 0.3 is 0 Å². The van der Waals surface area contributed by atoms with E-state index in [1.807, 2.05) is 0 Å². The van der Waals surface area contributed by atoms with Gasteiger partial charge in [0.1, 0.15) is 4.90 Å². The quantitative estimate of drug-likeness (QED) is 0.641. The molecule has 1 aromatic heterocycles. The third-order valence-corrected chi connectivity index (χ3v) is 11.2. The van der Waals surface area contributed by atoms with Crippen molar-refractivity contribution in [3.8, 4) is 0 Å². The Labute approximate surface area is 191 Å². The van der Waals surface area contributed by atoms with Crippen LogP contribution in [0.25, 0.3) is 0 Å². The third kappa shape index (κ3) is 4.27. The van der Waals surface area contributed by atoms with Gasteiger partial charge in [0.15, 0.2) is 0 Å². The highest BCUT2D eigenvalue weighted by atomic mass is 32.2. The standard InChI is InChI=1S/C23H35N3O3S2/c1-22(2)17-10-11-23(22,3)19(14-17)25-20(27)16-30-21-9-8-18(15-24-21)31(28,29)26-12-6-4-5-7-13-26/h8-9,15,17,19H,4-7,10-14,16H2,1-3H3,(H,25,27). The molecule has 0 spiro atoms. The number of pyridine rings is 1. The van der Waals surface area contributed by atoms with Crippen LogP contribution in [0.15, 0.2) is 28.3 Å². The number of thioether (sulfide) groups is 1. The Kier molecular flexibility index (Phi) is 6.45. The zero-order valence-electron chi connectivity index (χ0n) is 18.9. The Morgan fingerprint density at radius 1 is 1.19 bits per heavy atom. The van der Waals surface area contributed by atoms with E-state index in [0.29, 0.717) is 29.8 Å². The van der Waals surface area contributed by atoms with Crippen molar-refractivity contribution in [1.29, 1.82) is 0 Å². The van der Waals surface area contributed by atoms with Crippen molar-refractivity contribution < 1.29 is 13.2 Å². The highest BCUT2D eigenvalue weighted by Crippen LogP contribution is 2.65. The number of sulfonamides is 1. The fourth-order valence-electron chi connectivity index (χ4n) is 5.83. The first-order chi connectivity index (χ1) is 14.6. The smallest absolute Gasteiger partial charge is 0.244 e. The topological polar surface area (TPSA) is 79.4 Å². The molecule has 1 N–H and O–H groups in total. The van der Waals surface area contributed by atoms with Gasteiger partial charge in [0.25, 0.3) is 0 Å². The maximum atomic E-state index is 12.9. The summed E-state index contributed by atoms with van der Waals surface area (Å²) >= 11 is 1.36. The third-order valence-electron chi connectivity index (χ3n) is 8.39. The number of hydrogen-bond acceptors (Lipinski definition) is 5. The van der Waals surface area contributed by atoms with Crippen LogP contribution in [0.3, 0.4) is 0 Å². The fourth-order valence-corrected chi connectivity index (χ4v) is 7.95. The molecular weight excluding hydrogens is 430 g/mol. The predicted molar refractivity (Wildman–Crippen MR) is 123 cm³/mol. The Morgan fingerprint density at radius 2 is 1.90 bits per heavy atom. The Bertz CT molecular complexity index is 908. The number of nitrogens with one attached hydrogen (secondary N) is 1. The average molecular weight is 466 g/mol. The molecule has 2 aliphatic carbocycles. The second kappa shape index (κ2) is 8.67. The normalized spacial score (nSPS) is 30.8. The molecule has 2 saturated carbocycles. The van der Waals surface area contributed by atoms with Gasteiger partial charge in [0, 0.05) is 25.3 Å². The van der Waals surface area contributed by atoms with Crippen molar-refractivity contribution in [3.63, 3.8) is 0 Å². The molecule has 1 aliphatic heterocycles. The number of carbonyl (C=O) groups excluding carboxylic acids is 1. The monoisotopic (exact) mass is 465 g/mol. The molecule has 2 heterocycles. The molecule has 6 nitrogen and oxygen atoms in total. The van der Waals surface area contributed by atoms with Crippen LogP contribution < -0.4 is 5.32 Å². The summed E-state index contributed by atoms with van der Waals surface area (Å²) in [6.45, 7) is 8.17. The van der Waals surface area contributed by atoms with Crippen LogP contribution in [0.2, 0.25) is 0 Å². The molecular formula is C23H35N3O3S2. The molecule has 3 aliphatic rings. The summed E-state index contributed by atoms with van der Waals surface area (Å²) in [4.78, 5) is 17.2. The first kappa shape index (κ1) is 23.1. The number of nitrogens with zero attached hydrogens (tertiary/aromatic N) is 2. The predicted octanol–water partition coefficient (Wildman–Crippen LogP) is 4.07. The van der Waals surface area contributed by atoms with Gasteiger partial charge in [-0.1, -0.05) is 45.4 Å². The molecule has 3 fully saturated rings. The lowest BCUT2D eigenvalue weighted by Gasteiger charge is -2.39. The molecule has 2 bridgehead atoms. The van der Waals surface area contributed by atoms with Gasteiger partial charge in [-0.25, -0.2) is 13.4 Å². The summed E-state index contributed by atoms with van der Waals surface area (Å²) < 4.78 is 27.3. The molecule has 8 heteroatoms. The average Bonchev–Trinajstić information content (AvgIpc) is 2.97. The zero-order chi connectivity index (χ0) is 22.3. The highest BCUT2D eigenvalue weighted by molar-refractivity contribution is 7.99. The zero-order valence-corrected chi connectivity index (χ0v) is 20.5. The maximum Gasteiger partial charge on any atom is 0.244 e. The fraction of sp³-hybridized carbons (Fsp3) is 0.739. The summed E-state index contributed by atoms with van der Waals surface area (Å²) in [5.41, 5.74) is 0.438. The van der Waals surface area contributed by atoms with Gasteiger partial charge in [-0.15, -0.1) is 0 Å². The van der Waals surface area contributed by atoms with Gasteiger partial charge in [-0.3, -0.25) is 4.79 Å². The van der Waals surface area contributed by atoms with Crippen molar-refractivity contribution in [2.75, 3.05) is 18.8 Å². The van der Waals surface area contributed by atoms with E-state index >= 15 is 0 Å². The Hall–Kier alpha value is -1.12. The lowest BCUT2D eigenvalue weighted by molar-refractivity contribution is -0.120. The molecule has 172 valence electrons. The number of hydrogen-bond donors (Lipinski definition) is 1. The van der Waals surface area contributed by atoms with E-state index in [0.717, 1.165) is 32.1 Å². The molecule has 3 unspecified atom stereocenters. The minimum atomic E-state index is -3.49. The van der Waals surface area contributed by atoms with Crippen LogP contribution >= 0.6 is 11.8 Å². The van der Waals surface area contributed by atoms with E-state index in [1.54, 1.807) is 16.4 Å². The van der Waals surface area contributed by atoms with Crippen LogP contribution in [0.1, 0.15) is 65.7 Å². The number of aromatic nitrogens is 1. The van der Waals surface area contributed by atoms with Crippen molar-refractivity contribution in [3.05, 3.63) is 18.3 Å². The molecule has 4 rings (SSSR count). The lowest BCUT2D eigenvalue weighted by atomic mass is 9.69. The molecule has 31 heavy (non-hydrogen) atoms. The van der Waals surface area contributed by atoms with Gasteiger partial charge in [0.2, 0.25) is 15.9 Å². The van der Waals surface area contributed by atoms with Gasteiger partial charge < -0.3 is 5.32 Å². The number of fused-ring (bicyclic) bond motifs is 2. The molecule has 1 saturated heterocycles. The van der Waals surface area contributed by atoms with Crippen molar-refractivity contribution >= 4 is 27.7 Å². The second-order valence-electron chi connectivity index (χ2n) is 10.2. The van der Waals surface area contributed by atoms with E-state index < -0.39 is 10.0 Å². The van der Waals surface area contributed by atoms with Gasteiger partial charge in [-0.05, 0) is 61.0 Å². The van der Waals surface area contributed by atoms with Gasteiger partial charge in [0.05, 0.1) is 10.8 Å². The molecule has 1 aromatic rings. The molecule has 0 aromatic carbocycles. The Balaban J connectivity index is 1.32. The summed E-state index contributed by atoms with van der Waals surface area (Å²) in [6.07, 6.45) is 8.93. The first-order valence-electron chi connectivity index (χ1n) is 11.5. The summed E-state index contributed by atoms with van der Waals surface area (Å²) in [5, 5.41) is 3.94. The maximum absolute atomic E-state index is 12.9. The van der Waals surface area contributed by atoms with Crippen LogP contribution in [0.5, 0.6) is 0 Å².